The van der Waals surface area contributed by atoms with Gasteiger partial charge in [0, 0.05) is 12.1 Å². The molecular formula is C11H9N3O. The second kappa shape index (κ2) is 3.56. The molecule has 74 valence electrons. The molecule has 0 spiro atoms. The van der Waals surface area contributed by atoms with Gasteiger partial charge in [0.1, 0.15) is 11.6 Å². The van der Waals surface area contributed by atoms with Gasteiger partial charge in [0.05, 0.1) is 0 Å². The van der Waals surface area contributed by atoms with Gasteiger partial charge in [0.2, 0.25) is 0 Å². The predicted molar refractivity (Wildman–Crippen MR) is 57.2 cm³/mol. The summed E-state index contributed by atoms with van der Waals surface area (Å²) in [5.74, 6) is 0. The van der Waals surface area contributed by atoms with E-state index in [1.807, 2.05) is 18.2 Å². The van der Waals surface area contributed by atoms with Gasteiger partial charge in [-0.2, -0.15) is 5.26 Å². The molecule has 0 aliphatic carbocycles. The van der Waals surface area contributed by atoms with Crippen LogP contribution in [0.25, 0.3) is 10.9 Å². The molecule has 4 nitrogen and oxygen atoms in total. The molecule has 1 aromatic heterocycles. The van der Waals surface area contributed by atoms with Crippen LogP contribution < -0.4 is 11.3 Å². The van der Waals surface area contributed by atoms with E-state index in [2.05, 4.69) is 4.98 Å². The fourth-order valence-electron chi connectivity index (χ4n) is 1.47. The highest BCUT2D eigenvalue weighted by atomic mass is 16.1. The van der Waals surface area contributed by atoms with Gasteiger partial charge in [0.15, 0.2) is 0 Å². The summed E-state index contributed by atoms with van der Waals surface area (Å²) in [6.07, 6.45) is 0. The van der Waals surface area contributed by atoms with E-state index in [1.165, 1.54) is 0 Å². The van der Waals surface area contributed by atoms with Crippen molar-refractivity contribution in [3.8, 4) is 6.07 Å². The number of benzene rings is 1. The average Bonchev–Trinajstić information content (AvgIpc) is 2.27. The van der Waals surface area contributed by atoms with Crippen molar-refractivity contribution in [3.63, 3.8) is 0 Å². The van der Waals surface area contributed by atoms with Crippen molar-refractivity contribution in [2.45, 2.75) is 6.54 Å². The molecule has 2 rings (SSSR count). The second-order valence-corrected chi connectivity index (χ2v) is 3.25. The Balaban J connectivity index is 2.78. The van der Waals surface area contributed by atoms with Gasteiger partial charge in [0.25, 0.3) is 5.56 Å². The Morgan fingerprint density at radius 3 is 2.87 bits per heavy atom. The smallest absolute Gasteiger partial charge is 0.266 e. The molecule has 0 radical (unpaired) electrons. The molecule has 0 fully saturated rings. The number of hydrogen-bond donors (Lipinski definition) is 2. The van der Waals surface area contributed by atoms with E-state index in [-0.39, 0.29) is 11.1 Å². The summed E-state index contributed by atoms with van der Waals surface area (Å²) < 4.78 is 0. The zero-order valence-electron chi connectivity index (χ0n) is 7.95. The Morgan fingerprint density at radius 1 is 1.40 bits per heavy atom. The molecule has 0 amide bonds. The maximum absolute atomic E-state index is 11.3. The lowest BCUT2D eigenvalue weighted by molar-refractivity contribution is 1.07. The number of nitrogens with one attached hydrogen (secondary N) is 1. The first-order valence-corrected chi connectivity index (χ1v) is 4.50. The van der Waals surface area contributed by atoms with Gasteiger partial charge >= 0.3 is 0 Å². The molecule has 2 aromatic rings. The first-order chi connectivity index (χ1) is 7.24. The molecule has 0 bridgehead atoms. The fourth-order valence-corrected chi connectivity index (χ4v) is 1.47. The van der Waals surface area contributed by atoms with Crippen LogP contribution in [0.1, 0.15) is 11.1 Å². The number of nitrogens with two attached hydrogens (primary N) is 1. The number of rotatable bonds is 1. The molecule has 0 saturated heterocycles. The first kappa shape index (κ1) is 9.44. The van der Waals surface area contributed by atoms with Crippen LogP contribution in [0.15, 0.2) is 29.1 Å². The molecular weight excluding hydrogens is 190 g/mol. The highest BCUT2D eigenvalue weighted by molar-refractivity contribution is 5.80. The van der Waals surface area contributed by atoms with Gasteiger partial charge in [-0.1, -0.05) is 6.07 Å². The van der Waals surface area contributed by atoms with Crippen LogP contribution in [0.3, 0.4) is 0 Å². The Hall–Kier alpha value is -2.12. The number of aromatic amines is 1. The van der Waals surface area contributed by atoms with E-state index in [9.17, 15) is 4.79 Å². The van der Waals surface area contributed by atoms with Crippen molar-refractivity contribution >= 4 is 10.9 Å². The van der Waals surface area contributed by atoms with Gasteiger partial charge in [-0.15, -0.1) is 0 Å². The number of fused-ring (bicyclic) bond motifs is 1. The predicted octanol–water partition coefficient (Wildman–Crippen LogP) is 0.858. The monoisotopic (exact) mass is 199 g/mol. The quantitative estimate of drug-likeness (QED) is 0.714. The highest BCUT2D eigenvalue weighted by Crippen LogP contribution is 2.12. The van der Waals surface area contributed by atoms with Crippen molar-refractivity contribution in [1.29, 1.82) is 5.26 Å². The van der Waals surface area contributed by atoms with E-state index in [4.69, 9.17) is 11.0 Å². The largest absolute Gasteiger partial charge is 0.326 e. The number of aromatic nitrogens is 1. The van der Waals surface area contributed by atoms with Crippen LogP contribution in [-0.4, -0.2) is 4.98 Å². The summed E-state index contributed by atoms with van der Waals surface area (Å²) >= 11 is 0. The van der Waals surface area contributed by atoms with Gasteiger partial charge < -0.3 is 10.7 Å². The lowest BCUT2D eigenvalue weighted by Gasteiger charge is -2.01. The van der Waals surface area contributed by atoms with Crippen LogP contribution in [0.2, 0.25) is 0 Å². The number of hydrogen-bond acceptors (Lipinski definition) is 3. The van der Waals surface area contributed by atoms with Gasteiger partial charge in [-0.05, 0) is 29.1 Å². The Kier molecular flexibility index (Phi) is 2.24. The van der Waals surface area contributed by atoms with E-state index in [0.717, 1.165) is 16.5 Å². The molecule has 1 aromatic carbocycles. The van der Waals surface area contributed by atoms with Crippen molar-refractivity contribution in [2.75, 3.05) is 0 Å². The standard InChI is InChI=1S/C11H9N3O/c12-5-7-1-2-10-8(3-7)4-9(6-13)11(15)14-10/h1-4H,5,12H2,(H,14,15). The summed E-state index contributed by atoms with van der Waals surface area (Å²) in [5.41, 5.74) is 6.96. The van der Waals surface area contributed by atoms with E-state index in [1.54, 1.807) is 12.1 Å². The highest BCUT2D eigenvalue weighted by Gasteiger charge is 2.01. The minimum absolute atomic E-state index is 0.122. The Labute approximate surface area is 86.0 Å². The zero-order chi connectivity index (χ0) is 10.8. The van der Waals surface area contributed by atoms with E-state index in [0.29, 0.717) is 6.54 Å². The molecule has 1 heterocycles. The van der Waals surface area contributed by atoms with Crippen LogP contribution >= 0.6 is 0 Å². The second-order valence-electron chi connectivity index (χ2n) is 3.25. The van der Waals surface area contributed by atoms with Crippen molar-refractivity contribution < 1.29 is 0 Å². The maximum atomic E-state index is 11.3. The molecule has 15 heavy (non-hydrogen) atoms. The number of H-pyrrole nitrogens is 1. The van der Waals surface area contributed by atoms with E-state index >= 15 is 0 Å². The fraction of sp³-hybridized carbons (Fsp3) is 0.0909. The number of pyridine rings is 1. The first-order valence-electron chi connectivity index (χ1n) is 4.50. The lowest BCUT2D eigenvalue weighted by Crippen LogP contribution is -2.09. The molecule has 0 saturated carbocycles. The molecule has 0 aliphatic rings. The number of nitrogens with zero attached hydrogens (tertiary/aromatic N) is 1. The summed E-state index contributed by atoms with van der Waals surface area (Å²) in [5, 5.41) is 9.54. The Bertz CT molecular complexity index is 607. The van der Waals surface area contributed by atoms with Crippen molar-refractivity contribution in [2.24, 2.45) is 5.73 Å². The summed E-state index contributed by atoms with van der Waals surface area (Å²) in [6, 6.07) is 8.94. The molecule has 3 N–H and O–H groups in total. The van der Waals surface area contributed by atoms with Crippen LogP contribution in [0.4, 0.5) is 0 Å². The van der Waals surface area contributed by atoms with Crippen LogP contribution in [0, 0.1) is 11.3 Å². The normalized spacial score (nSPS) is 10.1. The lowest BCUT2D eigenvalue weighted by atomic mass is 10.1. The maximum Gasteiger partial charge on any atom is 0.266 e. The summed E-state index contributed by atoms with van der Waals surface area (Å²) in [6.45, 7) is 0.441. The summed E-state index contributed by atoms with van der Waals surface area (Å²) in [4.78, 5) is 14.0. The van der Waals surface area contributed by atoms with E-state index < -0.39 is 0 Å². The third-order valence-electron chi connectivity index (χ3n) is 2.26. The van der Waals surface area contributed by atoms with Crippen molar-refractivity contribution in [1.82, 2.24) is 4.98 Å². The SMILES string of the molecule is N#Cc1cc2cc(CN)ccc2[nH]c1=O. The number of nitriles is 1. The van der Waals surface area contributed by atoms with Crippen LogP contribution in [-0.2, 0) is 6.54 Å². The van der Waals surface area contributed by atoms with Crippen LogP contribution in [0.5, 0.6) is 0 Å². The van der Waals surface area contributed by atoms with Crippen molar-refractivity contribution in [3.05, 3.63) is 45.7 Å². The third kappa shape index (κ3) is 1.60. The third-order valence-corrected chi connectivity index (χ3v) is 2.26. The molecule has 0 unspecified atom stereocenters. The van der Waals surface area contributed by atoms with Gasteiger partial charge in [-0.3, -0.25) is 4.79 Å². The minimum atomic E-state index is -0.356. The molecule has 0 aliphatic heterocycles. The average molecular weight is 199 g/mol. The molecule has 4 heteroatoms. The zero-order valence-corrected chi connectivity index (χ0v) is 7.95. The minimum Gasteiger partial charge on any atom is -0.326 e. The molecule has 0 atom stereocenters. The van der Waals surface area contributed by atoms with Gasteiger partial charge in [-0.25, -0.2) is 0 Å². The summed E-state index contributed by atoms with van der Waals surface area (Å²) in [7, 11) is 0. The Morgan fingerprint density at radius 2 is 2.20 bits per heavy atom. The topological polar surface area (TPSA) is 82.7 Å².